The van der Waals surface area contributed by atoms with Crippen LogP contribution in [0, 0.1) is 5.92 Å². The van der Waals surface area contributed by atoms with E-state index in [9.17, 15) is 5.11 Å². The maximum absolute atomic E-state index is 9.77. The first-order valence-electron chi connectivity index (χ1n) is 8.06. The lowest BCUT2D eigenvalue weighted by molar-refractivity contribution is 0.120. The minimum Gasteiger partial charge on any atom is -0.473 e. The molecule has 2 N–H and O–H groups in total. The number of hydrogen-bond donors (Lipinski definition) is 2. The molecule has 0 aliphatic heterocycles. The summed E-state index contributed by atoms with van der Waals surface area (Å²) in [7, 11) is 0. The van der Waals surface area contributed by atoms with E-state index in [0.29, 0.717) is 24.7 Å². The lowest BCUT2D eigenvalue weighted by Gasteiger charge is -2.22. The van der Waals surface area contributed by atoms with Crippen molar-refractivity contribution in [1.82, 2.24) is 9.97 Å². The van der Waals surface area contributed by atoms with Crippen molar-refractivity contribution in [2.45, 2.75) is 64.6 Å². The molecule has 1 aliphatic carbocycles. The summed E-state index contributed by atoms with van der Waals surface area (Å²) < 4.78 is 5.90. The summed E-state index contributed by atoms with van der Waals surface area (Å²) in [4.78, 5) is 8.60. The van der Waals surface area contributed by atoms with Gasteiger partial charge in [0.1, 0.15) is 11.9 Å². The maximum Gasteiger partial charge on any atom is 0.234 e. The van der Waals surface area contributed by atoms with Gasteiger partial charge in [0, 0.05) is 6.54 Å². The van der Waals surface area contributed by atoms with Gasteiger partial charge < -0.3 is 15.2 Å². The monoisotopic (exact) mass is 293 g/mol. The molecular weight excluding hydrogens is 266 g/mol. The van der Waals surface area contributed by atoms with Crippen LogP contribution in [0.1, 0.15) is 52.4 Å². The second-order valence-corrected chi connectivity index (χ2v) is 6.15. The van der Waals surface area contributed by atoms with Gasteiger partial charge in [-0.1, -0.05) is 20.3 Å². The van der Waals surface area contributed by atoms with Crippen molar-refractivity contribution in [3.63, 3.8) is 0 Å². The highest BCUT2D eigenvalue weighted by molar-refractivity contribution is 5.33. The van der Waals surface area contributed by atoms with Crippen LogP contribution in [-0.2, 0) is 0 Å². The average molecular weight is 293 g/mol. The molecular formula is C16H27N3O2. The minimum absolute atomic E-state index is 0.277. The van der Waals surface area contributed by atoms with Crippen molar-refractivity contribution in [2.24, 2.45) is 5.92 Å². The van der Waals surface area contributed by atoms with E-state index >= 15 is 0 Å². The van der Waals surface area contributed by atoms with Gasteiger partial charge in [-0.2, -0.15) is 4.98 Å². The molecule has 1 aliphatic rings. The number of aromatic nitrogens is 2. The van der Waals surface area contributed by atoms with E-state index in [1.807, 2.05) is 13.8 Å². The smallest absolute Gasteiger partial charge is 0.234 e. The summed E-state index contributed by atoms with van der Waals surface area (Å²) in [5.41, 5.74) is 0. The van der Waals surface area contributed by atoms with Gasteiger partial charge in [0.05, 0.1) is 18.5 Å². The molecule has 0 amide bonds. The van der Waals surface area contributed by atoms with Crippen LogP contribution in [0.15, 0.2) is 12.4 Å². The third-order valence-corrected chi connectivity index (χ3v) is 3.97. The Morgan fingerprint density at radius 1 is 1.29 bits per heavy atom. The van der Waals surface area contributed by atoms with Crippen LogP contribution >= 0.6 is 0 Å². The quantitative estimate of drug-likeness (QED) is 0.809. The number of nitrogens with one attached hydrogen (secondary N) is 1. The summed E-state index contributed by atoms with van der Waals surface area (Å²) in [6.07, 6.45) is 10.1. The molecule has 0 radical (unpaired) electrons. The third-order valence-electron chi connectivity index (χ3n) is 3.97. The van der Waals surface area contributed by atoms with Gasteiger partial charge in [-0.15, -0.1) is 0 Å². The van der Waals surface area contributed by atoms with Crippen LogP contribution < -0.4 is 10.1 Å². The largest absolute Gasteiger partial charge is 0.473 e. The van der Waals surface area contributed by atoms with Crippen LogP contribution in [-0.4, -0.2) is 33.8 Å². The molecule has 5 nitrogen and oxygen atoms in total. The van der Waals surface area contributed by atoms with E-state index in [1.165, 1.54) is 19.3 Å². The summed E-state index contributed by atoms with van der Waals surface area (Å²) in [5.74, 6) is 1.58. The van der Waals surface area contributed by atoms with Gasteiger partial charge in [0.15, 0.2) is 0 Å². The number of hydrogen-bond acceptors (Lipinski definition) is 5. The predicted molar refractivity (Wildman–Crippen MR) is 83.5 cm³/mol. The first kappa shape index (κ1) is 16.0. The van der Waals surface area contributed by atoms with Gasteiger partial charge in [-0.25, -0.2) is 0 Å². The summed E-state index contributed by atoms with van der Waals surface area (Å²) in [6.45, 7) is 4.72. The van der Waals surface area contributed by atoms with Gasteiger partial charge in [0.25, 0.3) is 0 Å². The summed E-state index contributed by atoms with van der Waals surface area (Å²) in [6, 6.07) is 0. The summed E-state index contributed by atoms with van der Waals surface area (Å²) >= 11 is 0. The molecule has 1 saturated carbocycles. The lowest BCUT2D eigenvalue weighted by Crippen LogP contribution is -2.21. The Bertz CT molecular complexity index is 420. The highest BCUT2D eigenvalue weighted by Crippen LogP contribution is 2.22. The average Bonchev–Trinajstić information content (AvgIpc) is 2.48. The second-order valence-electron chi connectivity index (χ2n) is 6.15. The van der Waals surface area contributed by atoms with Crippen molar-refractivity contribution < 1.29 is 9.84 Å². The van der Waals surface area contributed by atoms with Gasteiger partial charge in [-0.05, 0) is 38.0 Å². The molecule has 1 aromatic heterocycles. The van der Waals surface area contributed by atoms with Gasteiger partial charge in [-0.3, -0.25) is 4.98 Å². The van der Waals surface area contributed by atoms with Crippen molar-refractivity contribution in [1.29, 1.82) is 0 Å². The summed E-state index contributed by atoms with van der Waals surface area (Å²) in [5, 5.41) is 13.0. The Morgan fingerprint density at radius 2 is 2.05 bits per heavy atom. The fraction of sp³-hybridized carbons (Fsp3) is 0.750. The Labute approximate surface area is 127 Å². The van der Waals surface area contributed by atoms with Crippen molar-refractivity contribution in [2.75, 3.05) is 11.9 Å². The van der Waals surface area contributed by atoms with E-state index in [4.69, 9.17) is 4.74 Å². The second kappa shape index (κ2) is 8.17. The minimum atomic E-state index is -0.285. The lowest BCUT2D eigenvalue weighted by atomic mass is 9.98. The Kier molecular flexibility index (Phi) is 6.23. The molecule has 1 aromatic rings. The van der Waals surface area contributed by atoms with E-state index in [-0.39, 0.29) is 18.1 Å². The van der Waals surface area contributed by atoms with Crippen LogP contribution in [0.3, 0.4) is 0 Å². The van der Waals surface area contributed by atoms with Crippen LogP contribution in [0.2, 0.25) is 0 Å². The van der Waals surface area contributed by atoms with Gasteiger partial charge in [0.2, 0.25) is 5.88 Å². The molecule has 1 atom stereocenters. The molecule has 2 rings (SSSR count). The number of aliphatic hydroxyl groups is 1. The standard InChI is InChI=1S/C16H27N3O2/c1-12(2)14(20)8-9-18-15-10-17-11-16(19-15)21-13-6-4-3-5-7-13/h10-14,20H,3-9H2,1-2H3,(H,18,19). The topological polar surface area (TPSA) is 67.3 Å². The highest BCUT2D eigenvalue weighted by Gasteiger charge is 2.15. The van der Waals surface area contributed by atoms with Crippen LogP contribution in [0.25, 0.3) is 0 Å². The molecule has 1 heterocycles. The normalized spacial score (nSPS) is 17.7. The van der Waals surface area contributed by atoms with Crippen molar-refractivity contribution in [3.8, 4) is 5.88 Å². The van der Waals surface area contributed by atoms with E-state index in [0.717, 1.165) is 12.8 Å². The molecule has 0 saturated heterocycles. The molecule has 0 bridgehead atoms. The van der Waals surface area contributed by atoms with Crippen LogP contribution in [0.5, 0.6) is 5.88 Å². The third kappa shape index (κ3) is 5.50. The highest BCUT2D eigenvalue weighted by atomic mass is 16.5. The Balaban J connectivity index is 1.80. The molecule has 1 fully saturated rings. The fourth-order valence-electron chi connectivity index (χ4n) is 2.53. The Hall–Kier alpha value is -1.36. The van der Waals surface area contributed by atoms with Crippen LogP contribution in [0.4, 0.5) is 5.82 Å². The van der Waals surface area contributed by atoms with Crippen molar-refractivity contribution >= 4 is 5.82 Å². The maximum atomic E-state index is 9.77. The molecule has 21 heavy (non-hydrogen) atoms. The van der Waals surface area contributed by atoms with E-state index < -0.39 is 0 Å². The number of rotatable bonds is 7. The SMILES string of the molecule is CC(C)C(O)CCNc1cncc(OC2CCCCC2)n1. The first-order valence-corrected chi connectivity index (χ1v) is 8.06. The first-order chi connectivity index (χ1) is 10.1. The number of nitrogens with zero attached hydrogens (tertiary/aromatic N) is 2. The molecule has 1 unspecified atom stereocenters. The number of aliphatic hydroxyl groups excluding tert-OH is 1. The number of anilines is 1. The molecule has 5 heteroatoms. The van der Waals surface area contributed by atoms with Gasteiger partial charge >= 0.3 is 0 Å². The van der Waals surface area contributed by atoms with E-state index in [1.54, 1.807) is 12.4 Å². The van der Waals surface area contributed by atoms with Crippen molar-refractivity contribution in [3.05, 3.63) is 12.4 Å². The fourth-order valence-corrected chi connectivity index (χ4v) is 2.53. The van der Waals surface area contributed by atoms with E-state index in [2.05, 4.69) is 15.3 Å². The molecule has 0 spiro atoms. The predicted octanol–water partition coefficient (Wildman–Crippen LogP) is 3.01. The molecule has 118 valence electrons. The zero-order valence-corrected chi connectivity index (χ0v) is 13.1. The Morgan fingerprint density at radius 3 is 2.76 bits per heavy atom. The molecule has 0 aromatic carbocycles. The zero-order chi connectivity index (χ0) is 15.1. The number of ether oxygens (including phenoxy) is 1. The zero-order valence-electron chi connectivity index (χ0n) is 13.1.